The number of benzene rings is 2. The van der Waals surface area contributed by atoms with Gasteiger partial charge in [0.15, 0.2) is 0 Å². The third-order valence-corrected chi connectivity index (χ3v) is 6.54. The van der Waals surface area contributed by atoms with Crippen LogP contribution < -0.4 is 5.32 Å². The van der Waals surface area contributed by atoms with E-state index in [-0.39, 0.29) is 17.9 Å². The van der Waals surface area contributed by atoms with Crippen molar-refractivity contribution in [3.05, 3.63) is 83.8 Å². The Morgan fingerprint density at radius 3 is 2.40 bits per heavy atom. The lowest BCUT2D eigenvalue weighted by Crippen LogP contribution is -2.45. The van der Waals surface area contributed by atoms with E-state index < -0.39 is 11.7 Å². The summed E-state index contributed by atoms with van der Waals surface area (Å²) in [5.74, 6) is 1.27. The maximum atomic E-state index is 13.7. The highest BCUT2D eigenvalue weighted by Gasteiger charge is 2.34. The molecule has 0 spiro atoms. The lowest BCUT2D eigenvalue weighted by atomic mass is 10.0. The van der Waals surface area contributed by atoms with Crippen molar-refractivity contribution < 1.29 is 17.9 Å². The first-order valence-electron chi connectivity index (χ1n) is 13.1. The number of aromatic nitrogens is 3. The van der Waals surface area contributed by atoms with Crippen LogP contribution in [-0.4, -0.2) is 58.1 Å². The van der Waals surface area contributed by atoms with Crippen molar-refractivity contribution >= 4 is 28.3 Å². The lowest BCUT2D eigenvalue weighted by molar-refractivity contribution is -0.137. The van der Waals surface area contributed by atoms with E-state index in [1.165, 1.54) is 24.2 Å². The van der Waals surface area contributed by atoms with Crippen LogP contribution in [-0.2, 0) is 23.9 Å². The number of hydrogen-bond acceptors (Lipinski definition) is 6. The number of hydrogen-bond donors (Lipinski definition) is 1. The predicted octanol–water partition coefficient (Wildman–Crippen LogP) is 6.83. The molecule has 0 saturated carbocycles. The van der Waals surface area contributed by atoms with E-state index in [1.807, 2.05) is 32.0 Å². The Morgan fingerprint density at radius 2 is 1.70 bits per heavy atom. The SMILES string of the molecule is CC1CN(Cc2nc(NCCc3ccccc3)c3ccc(-c4ncccc4C(F)(F)F)cc3n2)C[C@@H](C)O1.CCl. The monoisotopic (exact) mass is 571 g/mol. The first kappa shape index (κ1) is 29.7. The molecule has 10 heteroatoms. The van der Waals surface area contributed by atoms with Gasteiger partial charge in [0.05, 0.1) is 35.5 Å². The molecule has 5 rings (SSSR count). The van der Waals surface area contributed by atoms with Gasteiger partial charge in [-0.1, -0.05) is 36.4 Å². The summed E-state index contributed by atoms with van der Waals surface area (Å²) in [5.41, 5.74) is 1.25. The summed E-state index contributed by atoms with van der Waals surface area (Å²) >= 11 is 4.64. The van der Waals surface area contributed by atoms with E-state index in [4.69, 9.17) is 14.7 Å². The number of anilines is 1. The first-order chi connectivity index (χ1) is 19.3. The van der Waals surface area contributed by atoms with Gasteiger partial charge >= 0.3 is 6.18 Å². The second kappa shape index (κ2) is 13.4. The minimum absolute atomic E-state index is 0.0965. The molecule has 6 nitrogen and oxygen atoms in total. The molecule has 1 N–H and O–H groups in total. The van der Waals surface area contributed by atoms with E-state index in [9.17, 15) is 13.2 Å². The topological polar surface area (TPSA) is 63.2 Å². The summed E-state index contributed by atoms with van der Waals surface area (Å²) in [6, 6.07) is 17.6. The van der Waals surface area contributed by atoms with E-state index in [2.05, 4.69) is 38.9 Å². The van der Waals surface area contributed by atoms with Crippen molar-refractivity contribution in [1.29, 1.82) is 0 Å². The largest absolute Gasteiger partial charge is 0.418 e. The Kier molecular flexibility index (Phi) is 9.95. The standard InChI is InChI=1S/C29H30F3N5O.CH3Cl/c1-19-16-37(17-20(2)38-19)18-26-35-25-15-22(27-24(29(30,31)32)9-6-13-33-27)10-11-23(25)28(36-26)34-14-12-21-7-4-3-5-8-21;1-2/h3-11,13,15,19-20H,12,14,16-18H2,1-2H3,(H,34,35,36);1H3/t19-,20?;/m1./s1. The zero-order valence-corrected chi connectivity index (χ0v) is 23.5. The fourth-order valence-electron chi connectivity index (χ4n) is 4.98. The molecule has 2 aromatic carbocycles. The van der Waals surface area contributed by atoms with Gasteiger partial charge in [-0.3, -0.25) is 9.88 Å². The van der Waals surface area contributed by atoms with Crippen LogP contribution in [0.25, 0.3) is 22.2 Å². The number of fused-ring (bicyclic) bond motifs is 1. The Hall–Kier alpha value is -3.27. The molecule has 0 bridgehead atoms. The smallest absolute Gasteiger partial charge is 0.373 e. The van der Waals surface area contributed by atoms with Crippen LogP contribution in [0.2, 0.25) is 0 Å². The van der Waals surface area contributed by atoms with Crippen LogP contribution in [0.3, 0.4) is 0 Å². The van der Waals surface area contributed by atoms with Gasteiger partial charge in [0, 0.05) is 43.2 Å². The summed E-state index contributed by atoms with van der Waals surface area (Å²) in [6.45, 7) is 6.76. The number of ether oxygens (including phenoxy) is 1. The third kappa shape index (κ3) is 7.47. The Balaban J connectivity index is 0.00000181. The zero-order valence-electron chi connectivity index (χ0n) is 22.8. The maximum absolute atomic E-state index is 13.7. The number of pyridine rings is 1. The molecule has 1 unspecified atom stereocenters. The molecule has 4 aromatic rings. The van der Waals surface area contributed by atoms with Gasteiger partial charge in [-0.15, -0.1) is 11.6 Å². The van der Waals surface area contributed by atoms with Gasteiger partial charge in [-0.05, 0) is 50.1 Å². The molecule has 1 aliphatic rings. The van der Waals surface area contributed by atoms with E-state index in [0.717, 1.165) is 31.0 Å². The highest BCUT2D eigenvalue weighted by molar-refractivity contribution is 6.15. The van der Waals surface area contributed by atoms with E-state index in [1.54, 1.807) is 18.2 Å². The van der Waals surface area contributed by atoms with E-state index in [0.29, 0.717) is 35.8 Å². The molecular formula is C30H33ClF3N5O. The first-order valence-corrected chi connectivity index (χ1v) is 13.9. The van der Waals surface area contributed by atoms with Crippen molar-refractivity contribution in [2.75, 3.05) is 31.3 Å². The summed E-state index contributed by atoms with van der Waals surface area (Å²) in [4.78, 5) is 15.9. The second-order valence-electron chi connectivity index (χ2n) is 9.73. The van der Waals surface area contributed by atoms with Crippen molar-refractivity contribution in [2.24, 2.45) is 0 Å². The molecule has 0 amide bonds. The summed E-state index contributed by atoms with van der Waals surface area (Å²) in [6.07, 6.45) is -0.666. The van der Waals surface area contributed by atoms with Crippen LogP contribution in [0.5, 0.6) is 0 Å². The molecule has 212 valence electrons. The van der Waals surface area contributed by atoms with Gasteiger partial charge in [0.1, 0.15) is 11.6 Å². The molecule has 1 aliphatic heterocycles. The summed E-state index contributed by atoms with van der Waals surface area (Å²) in [7, 11) is 0. The average Bonchev–Trinajstić information content (AvgIpc) is 2.93. The normalized spacial score (nSPS) is 17.8. The lowest BCUT2D eigenvalue weighted by Gasteiger charge is -2.34. The number of rotatable bonds is 7. The molecule has 2 atom stereocenters. The number of morpholine rings is 1. The van der Waals surface area contributed by atoms with Gasteiger partial charge in [0.25, 0.3) is 0 Å². The van der Waals surface area contributed by atoms with Crippen LogP contribution >= 0.6 is 11.6 Å². The average molecular weight is 572 g/mol. The van der Waals surface area contributed by atoms with Crippen molar-refractivity contribution in [3.63, 3.8) is 0 Å². The second-order valence-corrected chi connectivity index (χ2v) is 9.73. The Morgan fingerprint density at radius 1 is 0.975 bits per heavy atom. The molecule has 1 fully saturated rings. The van der Waals surface area contributed by atoms with Crippen LogP contribution in [0.4, 0.5) is 19.0 Å². The Labute approximate surface area is 237 Å². The molecule has 0 radical (unpaired) electrons. The van der Waals surface area contributed by atoms with Gasteiger partial charge in [0.2, 0.25) is 0 Å². The van der Waals surface area contributed by atoms with Gasteiger partial charge < -0.3 is 10.1 Å². The highest BCUT2D eigenvalue weighted by atomic mass is 35.5. The van der Waals surface area contributed by atoms with E-state index >= 15 is 0 Å². The number of halogens is 4. The van der Waals surface area contributed by atoms with Crippen LogP contribution in [0.15, 0.2) is 66.9 Å². The van der Waals surface area contributed by atoms with Gasteiger partial charge in [-0.2, -0.15) is 13.2 Å². The van der Waals surface area contributed by atoms with Gasteiger partial charge in [-0.25, -0.2) is 9.97 Å². The van der Waals surface area contributed by atoms with Crippen LogP contribution in [0.1, 0.15) is 30.8 Å². The number of nitrogens with zero attached hydrogens (tertiary/aromatic N) is 4. The zero-order chi connectivity index (χ0) is 28.7. The van der Waals surface area contributed by atoms with Crippen molar-refractivity contribution in [1.82, 2.24) is 19.9 Å². The van der Waals surface area contributed by atoms with Crippen LogP contribution in [0, 0.1) is 0 Å². The maximum Gasteiger partial charge on any atom is 0.418 e. The predicted molar refractivity (Wildman–Crippen MR) is 153 cm³/mol. The fourth-order valence-corrected chi connectivity index (χ4v) is 4.98. The molecular weight excluding hydrogens is 539 g/mol. The molecule has 40 heavy (non-hydrogen) atoms. The number of alkyl halides is 4. The van der Waals surface area contributed by atoms with Crippen molar-refractivity contribution in [2.45, 2.75) is 45.2 Å². The minimum Gasteiger partial charge on any atom is -0.373 e. The summed E-state index contributed by atoms with van der Waals surface area (Å²) < 4.78 is 46.9. The fraction of sp³-hybridized carbons (Fsp3) is 0.367. The Bertz CT molecular complexity index is 1390. The minimum atomic E-state index is -4.51. The highest BCUT2D eigenvalue weighted by Crippen LogP contribution is 2.36. The molecule has 1 saturated heterocycles. The molecule has 2 aromatic heterocycles. The molecule has 3 heterocycles. The molecule has 0 aliphatic carbocycles. The third-order valence-electron chi connectivity index (χ3n) is 6.54. The summed E-state index contributed by atoms with van der Waals surface area (Å²) in [5, 5.41) is 4.19. The number of nitrogens with one attached hydrogen (secondary N) is 1. The quantitative estimate of drug-likeness (QED) is 0.245. The van der Waals surface area contributed by atoms with Crippen molar-refractivity contribution in [3.8, 4) is 11.3 Å².